The van der Waals surface area contributed by atoms with E-state index in [1.54, 1.807) is 12.1 Å². The lowest BCUT2D eigenvalue weighted by atomic mass is 10.2. The largest absolute Gasteiger partial charge is 0.441 e. The molecule has 0 unspecified atom stereocenters. The zero-order valence-electron chi connectivity index (χ0n) is 12.5. The van der Waals surface area contributed by atoms with E-state index in [1.165, 1.54) is 6.08 Å². The number of nitrogens with zero attached hydrogens (tertiary/aromatic N) is 1. The average molecular weight is 296 g/mol. The minimum atomic E-state index is -0.620. The topological polar surface area (TPSA) is 29.5 Å². The number of benzene rings is 1. The first-order chi connectivity index (χ1) is 9.40. The van der Waals surface area contributed by atoms with Crippen molar-refractivity contribution in [2.75, 3.05) is 13.1 Å². The predicted octanol–water partition coefficient (Wildman–Crippen LogP) is 3.97. The molecule has 0 N–H and O–H groups in total. The summed E-state index contributed by atoms with van der Waals surface area (Å²) in [5, 5.41) is 0.611. The molecule has 20 heavy (non-hydrogen) atoms. The Balaban J connectivity index is 2.71. The summed E-state index contributed by atoms with van der Waals surface area (Å²) in [6, 6.07) is 7.35. The number of rotatable bonds is 6. The maximum Gasteiger partial charge on any atom is 0.332 e. The maximum atomic E-state index is 11.9. The summed E-state index contributed by atoms with van der Waals surface area (Å²) >= 11 is 6.02. The summed E-state index contributed by atoms with van der Waals surface area (Å²) in [6.07, 6.45) is 3.08. The molecule has 0 atom stereocenters. The fraction of sp³-hybridized carbons (Fsp3) is 0.438. The monoisotopic (exact) mass is 295 g/mol. The molecule has 1 aromatic carbocycles. The summed E-state index contributed by atoms with van der Waals surface area (Å²) in [6.45, 7) is 9.51. The number of hydrogen-bond acceptors (Lipinski definition) is 3. The second-order valence-electron chi connectivity index (χ2n) is 4.89. The fourth-order valence-electron chi connectivity index (χ4n) is 2.10. The van der Waals surface area contributed by atoms with Gasteiger partial charge in [0.25, 0.3) is 0 Å². The van der Waals surface area contributed by atoms with E-state index in [0.29, 0.717) is 5.02 Å². The lowest BCUT2D eigenvalue weighted by Crippen LogP contribution is -2.46. The van der Waals surface area contributed by atoms with Crippen LogP contribution in [0.25, 0.3) is 6.08 Å². The van der Waals surface area contributed by atoms with E-state index in [2.05, 4.69) is 4.90 Å². The molecule has 0 radical (unpaired) electrons. The second kappa shape index (κ2) is 7.46. The van der Waals surface area contributed by atoms with Crippen molar-refractivity contribution in [3.8, 4) is 0 Å². The lowest BCUT2D eigenvalue weighted by molar-refractivity contribution is -0.170. The van der Waals surface area contributed by atoms with Crippen molar-refractivity contribution in [1.82, 2.24) is 4.90 Å². The SMILES string of the molecule is CCN(CC)C(C)(C)OC(=O)/C=C\c1ccccc1Cl. The molecule has 1 aromatic rings. The highest BCUT2D eigenvalue weighted by molar-refractivity contribution is 6.32. The highest BCUT2D eigenvalue weighted by Gasteiger charge is 2.27. The Labute approximate surface area is 126 Å². The van der Waals surface area contributed by atoms with E-state index >= 15 is 0 Å². The Kier molecular flexibility index (Phi) is 6.24. The third-order valence-electron chi connectivity index (χ3n) is 3.18. The van der Waals surface area contributed by atoms with Crippen molar-refractivity contribution in [3.05, 3.63) is 40.9 Å². The zero-order chi connectivity index (χ0) is 15.2. The number of carbonyl (C=O) groups excluding carboxylic acids is 1. The Morgan fingerprint density at radius 2 is 1.90 bits per heavy atom. The fourth-order valence-corrected chi connectivity index (χ4v) is 2.30. The number of halogens is 1. The highest BCUT2D eigenvalue weighted by Crippen LogP contribution is 2.18. The quantitative estimate of drug-likeness (QED) is 0.452. The van der Waals surface area contributed by atoms with Crippen molar-refractivity contribution in [3.63, 3.8) is 0 Å². The first-order valence-corrected chi connectivity index (χ1v) is 7.19. The molecule has 0 bridgehead atoms. The molecule has 0 amide bonds. The van der Waals surface area contributed by atoms with Crippen LogP contribution >= 0.6 is 11.6 Å². The Bertz CT molecular complexity index is 479. The molecule has 0 fully saturated rings. The summed E-state index contributed by atoms with van der Waals surface area (Å²) in [5.74, 6) is -0.373. The second-order valence-corrected chi connectivity index (χ2v) is 5.30. The van der Waals surface area contributed by atoms with Gasteiger partial charge in [-0.05, 0) is 44.6 Å². The number of carbonyl (C=O) groups is 1. The van der Waals surface area contributed by atoms with Crippen LogP contribution in [0.3, 0.4) is 0 Å². The standard InChI is InChI=1S/C16H22ClNO2/c1-5-18(6-2)16(3,4)20-15(19)12-11-13-9-7-8-10-14(13)17/h7-12H,5-6H2,1-4H3/b12-11-. The van der Waals surface area contributed by atoms with Crippen molar-refractivity contribution in [2.45, 2.75) is 33.4 Å². The van der Waals surface area contributed by atoms with Gasteiger partial charge in [0.1, 0.15) is 0 Å². The van der Waals surface area contributed by atoms with Crippen LogP contribution in [0.4, 0.5) is 0 Å². The van der Waals surface area contributed by atoms with Crippen molar-refractivity contribution in [2.24, 2.45) is 0 Å². The normalized spacial score (nSPS) is 12.1. The molecule has 0 aromatic heterocycles. The molecule has 0 saturated carbocycles. The molecule has 0 aliphatic heterocycles. The van der Waals surface area contributed by atoms with Gasteiger partial charge in [0.15, 0.2) is 5.72 Å². The van der Waals surface area contributed by atoms with Gasteiger partial charge in [-0.2, -0.15) is 0 Å². The van der Waals surface area contributed by atoms with Crippen LogP contribution in [0, 0.1) is 0 Å². The van der Waals surface area contributed by atoms with Gasteiger partial charge in [-0.15, -0.1) is 0 Å². The van der Waals surface area contributed by atoms with Gasteiger partial charge in [0.2, 0.25) is 0 Å². The van der Waals surface area contributed by atoms with Gasteiger partial charge in [0, 0.05) is 11.1 Å². The first kappa shape index (κ1) is 16.7. The number of esters is 1. The first-order valence-electron chi connectivity index (χ1n) is 6.81. The molecule has 0 saturated heterocycles. The van der Waals surface area contributed by atoms with Crippen LogP contribution in [0.15, 0.2) is 30.3 Å². The minimum absolute atomic E-state index is 0.373. The third-order valence-corrected chi connectivity index (χ3v) is 3.52. The van der Waals surface area contributed by atoms with Gasteiger partial charge in [0.05, 0.1) is 0 Å². The molecular formula is C16H22ClNO2. The van der Waals surface area contributed by atoms with Crippen LogP contribution in [0.5, 0.6) is 0 Å². The molecule has 110 valence electrons. The van der Waals surface area contributed by atoms with Crippen molar-refractivity contribution >= 4 is 23.6 Å². The van der Waals surface area contributed by atoms with Gasteiger partial charge in [-0.1, -0.05) is 43.6 Å². The van der Waals surface area contributed by atoms with Crippen molar-refractivity contribution < 1.29 is 9.53 Å². The summed E-state index contributed by atoms with van der Waals surface area (Å²) in [5.41, 5.74) is 0.178. The van der Waals surface area contributed by atoms with Crippen LogP contribution < -0.4 is 0 Å². The van der Waals surface area contributed by atoms with E-state index in [-0.39, 0.29) is 5.97 Å². The average Bonchev–Trinajstić information content (AvgIpc) is 2.38. The minimum Gasteiger partial charge on any atom is -0.441 e. The molecule has 1 rings (SSSR count). The van der Waals surface area contributed by atoms with E-state index in [4.69, 9.17) is 16.3 Å². The van der Waals surface area contributed by atoms with Crippen molar-refractivity contribution in [1.29, 1.82) is 0 Å². The Hall–Kier alpha value is -1.32. The molecule has 0 aliphatic carbocycles. The van der Waals surface area contributed by atoms with Crippen LogP contribution in [-0.4, -0.2) is 29.7 Å². The molecule has 0 heterocycles. The molecule has 0 spiro atoms. The van der Waals surface area contributed by atoms with E-state index in [1.807, 2.05) is 45.9 Å². The van der Waals surface area contributed by atoms with Gasteiger partial charge in [-0.25, -0.2) is 4.79 Å². The highest BCUT2D eigenvalue weighted by atomic mass is 35.5. The van der Waals surface area contributed by atoms with E-state index in [9.17, 15) is 4.79 Å². The van der Waals surface area contributed by atoms with Crippen LogP contribution in [0.2, 0.25) is 5.02 Å². The number of hydrogen-bond donors (Lipinski definition) is 0. The Morgan fingerprint density at radius 1 is 1.30 bits per heavy atom. The van der Waals surface area contributed by atoms with E-state index in [0.717, 1.165) is 18.7 Å². The Morgan fingerprint density at radius 3 is 2.45 bits per heavy atom. The lowest BCUT2D eigenvalue weighted by Gasteiger charge is -2.35. The van der Waals surface area contributed by atoms with E-state index < -0.39 is 5.72 Å². The molecule has 4 heteroatoms. The molecule has 0 aliphatic rings. The number of ether oxygens (including phenoxy) is 1. The van der Waals surface area contributed by atoms with Gasteiger partial charge >= 0.3 is 5.97 Å². The predicted molar refractivity (Wildman–Crippen MR) is 83.6 cm³/mol. The smallest absolute Gasteiger partial charge is 0.332 e. The summed E-state index contributed by atoms with van der Waals surface area (Å²) < 4.78 is 5.50. The third kappa shape index (κ3) is 4.66. The van der Waals surface area contributed by atoms with Crippen LogP contribution in [-0.2, 0) is 9.53 Å². The molecule has 3 nitrogen and oxygen atoms in total. The summed E-state index contributed by atoms with van der Waals surface area (Å²) in [7, 11) is 0. The van der Waals surface area contributed by atoms with Gasteiger partial charge < -0.3 is 4.74 Å². The molecular weight excluding hydrogens is 274 g/mol. The van der Waals surface area contributed by atoms with Gasteiger partial charge in [-0.3, -0.25) is 4.90 Å². The van der Waals surface area contributed by atoms with Crippen LogP contribution in [0.1, 0.15) is 33.3 Å². The summed E-state index contributed by atoms with van der Waals surface area (Å²) in [4.78, 5) is 14.0. The maximum absolute atomic E-state index is 11.9. The zero-order valence-corrected chi connectivity index (χ0v) is 13.3.